The van der Waals surface area contributed by atoms with E-state index in [1.165, 1.54) is 0 Å². The van der Waals surface area contributed by atoms with Gasteiger partial charge >= 0.3 is 0 Å². The van der Waals surface area contributed by atoms with E-state index < -0.39 is 0 Å². The van der Waals surface area contributed by atoms with Crippen molar-refractivity contribution < 1.29 is 9.53 Å². The minimum Gasteiger partial charge on any atom is -0.380 e. The SMILES string of the molecule is COCc1cccc(C(=O)Nc2cc(Cl)ccc2N(C)C)c1. The van der Waals surface area contributed by atoms with Crippen LogP contribution in [0, 0.1) is 0 Å². The largest absolute Gasteiger partial charge is 0.380 e. The second kappa shape index (κ2) is 7.29. The molecule has 4 nitrogen and oxygen atoms in total. The van der Waals surface area contributed by atoms with Crippen LogP contribution in [0.4, 0.5) is 11.4 Å². The van der Waals surface area contributed by atoms with Crippen LogP contribution < -0.4 is 10.2 Å². The van der Waals surface area contributed by atoms with Gasteiger partial charge in [-0.25, -0.2) is 0 Å². The number of rotatable bonds is 5. The highest BCUT2D eigenvalue weighted by atomic mass is 35.5. The summed E-state index contributed by atoms with van der Waals surface area (Å²) >= 11 is 6.03. The maximum Gasteiger partial charge on any atom is 0.255 e. The van der Waals surface area contributed by atoms with Crippen LogP contribution in [0.15, 0.2) is 42.5 Å². The number of ether oxygens (including phenoxy) is 1. The molecule has 0 aromatic heterocycles. The number of nitrogens with one attached hydrogen (secondary N) is 1. The zero-order chi connectivity index (χ0) is 16.1. The molecule has 1 N–H and O–H groups in total. The van der Waals surface area contributed by atoms with Crippen LogP contribution in [0.2, 0.25) is 5.02 Å². The Hall–Kier alpha value is -2.04. The highest BCUT2D eigenvalue weighted by Crippen LogP contribution is 2.28. The third kappa shape index (κ3) is 4.00. The van der Waals surface area contributed by atoms with Crippen molar-refractivity contribution in [3.63, 3.8) is 0 Å². The van der Waals surface area contributed by atoms with Gasteiger partial charge in [-0.3, -0.25) is 4.79 Å². The summed E-state index contributed by atoms with van der Waals surface area (Å²) in [6.07, 6.45) is 0. The number of benzene rings is 2. The molecule has 0 bridgehead atoms. The number of hydrogen-bond donors (Lipinski definition) is 1. The average Bonchev–Trinajstić information content (AvgIpc) is 2.47. The average molecular weight is 319 g/mol. The predicted octanol–water partition coefficient (Wildman–Crippen LogP) is 3.80. The fourth-order valence-electron chi connectivity index (χ4n) is 2.16. The molecule has 0 saturated carbocycles. The molecule has 5 heteroatoms. The molecule has 2 rings (SSSR count). The standard InChI is InChI=1S/C17H19ClN2O2/c1-20(2)16-8-7-14(18)10-15(16)19-17(21)13-6-4-5-12(9-13)11-22-3/h4-10H,11H2,1-3H3,(H,19,21). The highest BCUT2D eigenvalue weighted by molar-refractivity contribution is 6.31. The Balaban J connectivity index is 2.25. The summed E-state index contributed by atoms with van der Waals surface area (Å²) in [5.41, 5.74) is 3.11. The van der Waals surface area contributed by atoms with Crippen LogP contribution in [0.25, 0.3) is 0 Å². The zero-order valence-electron chi connectivity index (χ0n) is 12.9. The Kier molecular flexibility index (Phi) is 5.41. The molecular formula is C17H19ClN2O2. The molecule has 0 aliphatic carbocycles. The normalized spacial score (nSPS) is 10.4. The summed E-state index contributed by atoms with van der Waals surface area (Å²) in [5, 5.41) is 3.49. The summed E-state index contributed by atoms with van der Waals surface area (Å²) in [5.74, 6) is -0.177. The fourth-order valence-corrected chi connectivity index (χ4v) is 2.33. The van der Waals surface area contributed by atoms with E-state index in [1.807, 2.05) is 43.3 Å². The maximum atomic E-state index is 12.4. The Bertz CT molecular complexity index is 671. The van der Waals surface area contributed by atoms with Crippen molar-refractivity contribution in [1.82, 2.24) is 0 Å². The lowest BCUT2D eigenvalue weighted by Crippen LogP contribution is -2.17. The molecule has 116 valence electrons. The Morgan fingerprint density at radius 1 is 1.23 bits per heavy atom. The lowest BCUT2D eigenvalue weighted by atomic mass is 10.1. The highest BCUT2D eigenvalue weighted by Gasteiger charge is 2.11. The van der Waals surface area contributed by atoms with Crippen molar-refractivity contribution in [3.8, 4) is 0 Å². The summed E-state index contributed by atoms with van der Waals surface area (Å²) < 4.78 is 5.09. The fraction of sp³-hybridized carbons (Fsp3) is 0.235. The molecule has 0 aliphatic heterocycles. The Labute approximate surface area is 135 Å². The summed E-state index contributed by atoms with van der Waals surface area (Å²) in [7, 11) is 5.46. The number of nitrogens with zero attached hydrogens (tertiary/aromatic N) is 1. The number of methoxy groups -OCH3 is 1. The Morgan fingerprint density at radius 3 is 2.68 bits per heavy atom. The first-order valence-corrected chi connectivity index (χ1v) is 7.25. The summed E-state index contributed by atoms with van der Waals surface area (Å²) in [4.78, 5) is 14.4. The van der Waals surface area contributed by atoms with Crippen molar-refractivity contribution in [2.75, 3.05) is 31.4 Å². The second-order valence-corrected chi connectivity index (χ2v) is 5.58. The van der Waals surface area contributed by atoms with E-state index in [1.54, 1.807) is 25.3 Å². The molecule has 0 fully saturated rings. The third-order valence-corrected chi connectivity index (χ3v) is 3.42. The van der Waals surface area contributed by atoms with Crippen molar-refractivity contribution in [2.24, 2.45) is 0 Å². The van der Waals surface area contributed by atoms with E-state index in [9.17, 15) is 4.79 Å². The summed E-state index contributed by atoms with van der Waals surface area (Å²) in [6, 6.07) is 12.8. The minimum atomic E-state index is -0.177. The Morgan fingerprint density at radius 2 is 2.00 bits per heavy atom. The lowest BCUT2D eigenvalue weighted by molar-refractivity contribution is 0.102. The number of hydrogen-bond acceptors (Lipinski definition) is 3. The van der Waals surface area contributed by atoms with Gasteiger partial charge < -0.3 is 15.0 Å². The molecule has 0 spiro atoms. The predicted molar refractivity (Wildman–Crippen MR) is 90.9 cm³/mol. The maximum absolute atomic E-state index is 12.4. The monoisotopic (exact) mass is 318 g/mol. The van der Waals surface area contributed by atoms with Crippen molar-refractivity contribution >= 4 is 28.9 Å². The van der Waals surface area contributed by atoms with Gasteiger partial charge in [0.05, 0.1) is 18.0 Å². The van der Waals surface area contributed by atoms with Crippen molar-refractivity contribution in [3.05, 3.63) is 58.6 Å². The molecule has 0 unspecified atom stereocenters. The van der Waals surface area contributed by atoms with Crippen molar-refractivity contribution in [2.45, 2.75) is 6.61 Å². The topological polar surface area (TPSA) is 41.6 Å². The molecule has 2 aromatic carbocycles. The number of carbonyl (C=O) groups is 1. The molecule has 0 atom stereocenters. The number of amides is 1. The molecular weight excluding hydrogens is 300 g/mol. The molecule has 0 radical (unpaired) electrons. The lowest BCUT2D eigenvalue weighted by Gasteiger charge is -2.18. The number of carbonyl (C=O) groups excluding carboxylic acids is 1. The van der Waals surface area contributed by atoms with Crippen LogP contribution in [-0.2, 0) is 11.3 Å². The third-order valence-electron chi connectivity index (χ3n) is 3.19. The van der Waals surface area contributed by atoms with Gasteiger partial charge in [-0.1, -0.05) is 23.7 Å². The van der Waals surface area contributed by atoms with E-state index in [2.05, 4.69) is 5.32 Å². The zero-order valence-corrected chi connectivity index (χ0v) is 13.6. The van der Waals surface area contributed by atoms with Gasteiger partial charge in [0.1, 0.15) is 0 Å². The van der Waals surface area contributed by atoms with Crippen molar-refractivity contribution in [1.29, 1.82) is 0 Å². The van der Waals surface area contributed by atoms with Gasteiger partial charge in [-0.05, 0) is 35.9 Å². The van der Waals surface area contributed by atoms with Gasteiger partial charge in [0.25, 0.3) is 5.91 Å². The smallest absolute Gasteiger partial charge is 0.255 e. The van der Waals surface area contributed by atoms with Crippen LogP contribution in [0.5, 0.6) is 0 Å². The molecule has 0 aliphatic rings. The molecule has 1 amide bonds. The first kappa shape index (κ1) is 16.3. The molecule has 22 heavy (non-hydrogen) atoms. The van der Waals surface area contributed by atoms with Crippen LogP contribution in [-0.4, -0.2) is 27.1 Å². The van der Waals surface area contributed by atoms with Crippen LogP contribution >= 0.6 is 11.6 Å². The quantitative estimate of drug-likeness (QED) is 0.911. The minimum absolute atomic E-state index is 0.177. The van der Waals surface area contributed by atoms with E-state index in [0.29, 0.717) is 22.9 Å². The van der Waals surface area contributed by atoms with Gasteiger partial charge in [-0.2, -0.15) is 0 Å². The molecule has 2 aromatic rings. The number of halogens is 1. The van der Waals surface area contributed by atoms with E-state index >= 15 is 0 Å². The summed E-state index contributed by atoms with van der Waals surface area (Å²) in [6.45, 7) is 0.473. The van der Waals surface area contributed by atoms with Gasteiger partial charge in [0.2, 0.25) is 0 Å². The van der Waals surface area contributed by atoms with E-state index in [0.717, 1.165) is 11.3 Å². The first-order valence-electron chi connectivity index (χ1n) is 6.87. The second-order valence-electron chi connectivity index (χ2n) is 5.14. The first-order chi connectivity index (χ1) is 10.5. The van der Waals surface area contributed by atoms with Gasteiger partial charge in [-0.15, -0.1) is 0 Å². The van der Waals surface area contributed by atoms with Gasteiger partial charge in [0, 0.05) is 31.8 Å². The van der Waals surface area contributed by atoms with Crippen LogP contribution in [0.3, 0.4) is 0 Å². The van der Waals surface area contributed by atoms with Crippen LogP contribution in [0.1, 0.15) is 15.9 Å². The van der Waals surface area contributed by atoms with E-state index in [-0.39, 0.29) is 5.91 Å². The molecule has 0 heterocycles. The molecule has 0 saturated heterocycles. The van der Waals surface area contributed by atoms with Gasteiger partial charge in [0.15, 0.2) is 0 Å². The number of anilines is 2. The van der Waals surface area contributed by atoms with E-state index in [4.69, 9.17) is 16.3 Å².